The number of aromatic nitrogens is 1. The van der Waals surface area contributed by atoms with Crippen LogP contribution < -0.4 is 10.6 Å². The summed E-state index contributed by atoms with van der Waals surface area (Å²) in [4.78, 5) is 18.3. The highest BCUT2D eigenvalue weighted by atomic mass is 79.9. The molecular formula is C15H14BrN3O. The van der Waals surface area contributed by atoms with Crippen LogP contribution in [0.4, 0.5) is 11.5 Å². The van der Waals surface area contributed by atoms with E-state index < -0.39 is 0 Å². The zero-order valence-electron chi connectivity index (χ0n) is 11.1. The second-order valence-corrected chi connectivity index (χ2v) is 5.72. The molecule has 3 rings (SSSR count). The molecule has 0 spiro atoms. The standard InChI is InChI=1S/C15H14BrN3O/c1-9-4-14(18-8-12(9)16)19-13-3-2-10(7-17)5-11(13)6-15(19)20/h2-5,8H,6-7,17H2,1H3. The fraction of sp³-hybridized carbons (Fsp3) is 0.200. The van der Waals surface area contributed by atoms with Crippen molar-refractivity contribution in [2.45, 2.75) is 19.9 Å². The molecule has 102 valence electrons. The highest BCUT2D eigenvalue weighted by molar-refractivity contribution is 9.10. The first kappa shape index (κ1) is 13.3. The summed E-state index contributed by atoms with van der Waals surface area (Å²) in [6, 6.07) is 7.81. The van der Waals surface area contributed by atoms with Gasteiger partial charge in [0.2, 0.25) is 5.91 Å². The minimum atomic E-state index is 0.0448. The first-order valence-electron chi connectivity index (χ1n) is 6.37. The SMILES string of the molecule is Cc1cc(N2C(=O)Cc3cc(CN)ccc32)ncc1Br. The van der Waals surface area contributed by atoms with Gasteiger partial charge in [-0.05, 0) is 51.7 Å². The largest absolute Gasteiger partial charge is 0.326 e. The van der Waals surface area contributed by atoms with Crippen molar-refractivity contribution in [3.63, 3.8) is 0 Å². The third-order valence-electron chi connectivity index (χ3n) is 3.47. The molecule has 5 heteroatoms. The third-order valence-corrected chi connectivity index (χ3v) is 4.30. The van der Waals surface area contributed by atoms with Gasteiger partial charge in [-0.1, -0.05) is 12.1 Å². The van der Waals surface area contributed by atoms with E-state index in [1.54, 1.807) is 11.1 Å². The lowest BCUT2D eigenvalue weighted by atomic mass is 10.1. The summed E-state index contributed by atoms with van der Waals surface area (Å²) in [5.41, 5.74) is 9.65. The van der Waals surface area contributed by atoms with Gasteiger partial charge in [0.25, 0.3) is 0 Å². The Morgan fingerprint density at radius 3 is 2.90 bits per heavy atom. The van der Waals surface area contributed by atoms with Crippen LogP contribution >= 0.6 is 15.9 Å². The summed E-state index contributed by atoms with van der Waals surface area (Å²) in [5, 5.41) is 0. The van der Waals surface area contributed by atoms with E-state index in [1.165, 1.54) is 0 Å². The lowest BCUT2D eigenvalue weighted by Crippen LogP contribution is -2.21. The number of hydrogen-bond acceptors (Lipinski definition) is 3. The first-order chi connectivity index (χ1) is 9.60. The Hall–Kier alpha value is -1.72. The lowest BCUT2D eigenvalue weighted by Gasteiger charge is -2.17. The number of carbonyl (C=O) groups is 1. The number of rotatable bonds is 2. The number of halogens is 1. The Balaban J connectivity index is 2.07. The highest BCUT2D eigenvalue weighted by Gasteiger charge is 2.29. The third kappa shape index (κ3) is 2.13. The molecular weight excluding hydrogens is 318 g/mol. The molecule has 4 nitrogen and oxygen atoms in total. The number of benzene rings is 1. The highest BCUT2D eigenvalue weighted by Crippen LogP contribution is 2.35. The average Bonchev–Trinajstić information content (AvgIpc) is 2.76. The first-order valence-corrected chi connectivity index (χ1v) is 7.16. The van der Waals surface area contributed by atoms with E-state index in [1.807, 2.05) is 31.2 Å². The number of hydrogen-bond donors (Lipinski definition) is 1. The molecule has 0 fully saturated rings. The van der Waals surface area contributed by atoms with Gasteiger partial charge < -0.3 is 5.73 Å². The number of aryl methyl sites for hydroxylation is 1. The van der Waals surface area contributed by atoms with Crippen molar-refractivity contribution in [3.8, 4) is 0 Å². The maximum absolute atomic E-state index is 12.3. The molecule has 0 atom stereocenters. The summed E-state index contributed by atoms with van der Waals surface area (Å²) in [6.45, 7) is 2.46. The molecule has 0 saturated carbocycles. The van der Waals surface area contributed by atoms with Gasteiger partial charge in [0.05, 0.1) is 12.1 Å². The summed E-state index contributed by atoms with van der Waals surface area (Å²) in [7, 11) is 0. The van der Waals surface area contributed by atoms with Gasteiger partial charge in [0, 0.05) is 17.2 Å². The van der Waals surface area contributed by atoms with Gasteiger partial charge in [-0.15, -0.1) is 0 Å². The van der Waals surface area contributed by atoms with Crippen LogP contribution in [-0.2, 0) is 17.8 Å². The zero-order chi connectivity index (χ0) is 14.3. The fourth-order valence-electron chi connectivity index (χ4n) is 2.40. The van der Waals surface area contributed by atoms with Crippen LogP contribution in [0.5, 0.6) is 0 Å². The fourth-order valence-corrected chi connectivity index (χ4v) is 2.62. The quantitative estimate of drug-likeness (QED) is 0.920. The molecule has 1 aromatic carbocycles. The predicted octanol–water partition coefficient (Wildman–Crippen LogP) is 2.83. The molecule has 0 aliphatic carbocycles. The minimum absolute atomic E-state index is 0.0448. The maximum Gasteiger partial charge on any atom is 0.237 e. The number of carbonyl (C=O) groups excluding carboxylic acids is 1. The maximum atomic E-state index is 12.3. The Morgan fingerprint density at radius 2 is 2.20 bits per heavy atom. The van der Waals surface area contributed by atoms with Gasteiger partial charge in [-0.25, -0.2) is 4.98 Å². The van der Waals surface area contributed by atoms with Gasteiger partial charge in [-0.2, -0.15) is 0 Å². The zero-order valence-corrected chi connectivity index (χ0v) is 12.6. The number of nitrogens with zero attached hydrogens (tertiary/aromatic N) is 2. The van der Waals surface area contributed by atoms with E-state index >= 15 is 0 Å². The predicted molar refractivity (Wildman–Crippen MR) is 81.9 cm³/mol. The molecule has 1 amide bonds. The summed E-state index contributed by atoms with van der Waals surface area (Å²) in [6.07, 6.45) is 2.13. The molecule has 1 aliphatic heterocycles. The van der Waals surface area contributed by atoms with Gasteiger partial charge in [-0.3, -0.25) is 9.69 Å². The summed E-state index contributed by atoms with van der Waals surface area (Å²) in [5.74, 6) is 0.707. The molecule has 1 aliphatic rings. The van der Waals surface area contributed by atoms with Crippen molar-refractivity contribution in [1.82, 2.24) is 4.98 Å². The van der Waals surface area contributed by atoms with Crippen molar-refractivity contribution >= 4 is 33.3 Å². The molecule has 0 radical (unpaired) electrons. The van der Waals surface area contributed by atoms with E-state index in [0.29, 0.717) is 18.8 Å². The number of amides is 1. The van der Waals surface area contributed by atoms with Crippen molar-refractivity contribution in [1.29, 1.82) is 0 Å². The van der Waals surface area contributed by atoms with Crippen LogP contribution in [0.2, 0.25) is 0 Å². The Morgan fingerprint density at radius 1 is 1.40 bits per heavy atom. The van der Waals surface area contributed by atoms with Crippen molar-refractivity contribution < 1.29 is 4.79 Å². The number of pyridine rings is 1. The van der Waals surface area contributed by atoms with Gasteiger partial charge in [0.1, 0.15) is 5.82 Å². The second-order valence-electron chi connectivity index (χ2n) is 4.86. The topological polar surface area (TPSA) is 59.2 Å². The van der Waals surface area contributed by atoms with Gasteiger partial charge >= 0.3 is 0 Å². The summed E-state index contributed by atoms with van der Waals surface area (Å²) < 4.78 is 0.937. The van der Waals surface area contributed by atoms with E-state index in [2.05, 4.69) is 20.9 Å². The Bertz CT molecular complexity index is 700. The molecule has 2 N–H and O–H groups in total. The Kier molecular flexibility index (Phi) is 3.31. The lowest BCUT2D eigenvalue weighted by molar-refractivity contribution is -0.116. The van der Waals surface area contributed by atoms with E-state index in [4.69, 9.17) is 5.73 Å². The van der Waals surface area contributed by atoms with Crippen LogP contribution in [0.1, 0.15) is 16.7 Å². The van der Waals surface area contributed by atoms with Crippen molar-refractivity contribution in [2.75, 3.05) is 4.90 Å². The van der Waals surface area contributed by atoms with Crippen molar-refractivity contribution in [3.05, 3.63) is 51.6 Å². The summed E-state index contributed by atoms with van der Waals surface area (Å²) >= 11 is 3.42. The average molecular weight is 332 g/mol. The van der Waals surface area contributed by atoms with Crippen LogP contribution in [0, 0.1) is 6.92 Å². The van der Waals surface area contributed by atoms with E-state index in [-0.39, 0.29) is 5.91 Å². The molecule has 0 unspecified atom stereocenters. The smallest absolute Gasteiger partial charge is 0.237 e. The molecule has 1 aromatic heterocycles. The molecule has 0 bridgehead atoms. The number of nitrogens with two attached hydrogens (primary N) is 1. The minimum Gasteiger partial charge on any atom is -0.326 e. The molecule has 2 heterocycles. The van der Waals surface area contributed by atoms with Gasteiger partial charge in [0.15, 0.2) is 0 Å². The van der Waals surface area contributed by atoms with E-state index in [0.717, 1.165) is 26.9 Å². The number of fused-ring (bicyclic) bond motifs is 1. The second kappa shape index (κ2) is 5.00. The van der Waals surface area contributed by atoms with Crippen LogP contribution in [0.15, 0.2) is 34.9 Å². The monoisotopic (exact) mass is 331 g/mol. The Labute approximate surface area is 125 Å². The van der Waals surface area contributed by atoms with Crippen LogP contribution in [-0.4, -0.2) is 10.9 Å². The van der Waals surface area contributed by atoms with Crippen LogP contribution in [0.25, 0.3) is 0 Å². The number of anilines is 2. The molecule has 2 aromatic rings. The molecule has 0 saturated heterocycles. The molecule has 20 heavy (non-hydrogen) atoms. The van der Waals surface area contributed by atoms with Crippen molar-refractivity contribution in [2.24, 2.45) is 5.73 Å². The van der Waals surface area contributed by atoms with E-state index in [9.17, 15) is 4.79 Å². The van der Waals surface area contributed by atoms with Crippen LogP contribution in [0.3, 0.4) is 0 Å². The normalized spacial score (nSPS) is 13.8.